The largest absolute Gasteiger partial charge is 0.309 e. The molecule has 3 aromatic heterocycles. The van der Waals surface area contributed by atoms with E-state index < -0.39 is 0 Å². The number of benzene rings is 10. The van der Waals surface area contributed by atoms with Gasteiger partial charge >= 0.3 is 0 Å². The van der Waals surface area contributed by atoms with Crippen molar-refractivity contribution in [2.24, 2.45) is 0 Å². The average molecular weight is 777 g/mol. The van der Waals surface area contributed by atoms with Gasteiger partial charge in [0.25, 0.3) is 0 Å². The maximum atomic E-state index is 5.51. The quantitative estimate of drug-likeness (QED) is 0.167. The highest BCUT2D eigenvalue weighted by Crippen LogP contribution is 2.41. The molecule has 0 amide bonds. The third kappa shape index (κ3) is 5.06. The van der Waals surface area contributed by atoms with E-state index >= 15 is 0 Å². The fourth-order valence-electron chi connectivity index (χ4n) is 9.98. The number of para-hydroxylation sites is 3. The van der Waals surface area contributed by atoms with Crippen LogP contribution in [0.4, 0.5) is 0 Å². The number of rotatable bonds is 4. The molecule has 0 saturated heterocycles. The van der Waals surface area contributed by atoms with Gasteiger partial charge in [0.15, 0.2) is 0 Å². The van der Waals surface area contributed by atoms with Crippen molar-refractivity contribution in [1.29, 1.82) is 0 Å². The predicted molar refractivity (Wildman–Crippen MR) is 256 cm³/mol. The van der Waals surface area contributed by atoms with Crippen LogP contribution in [0.25, 0.3) is 121 Å². The van der Waals surface area contributed by atoms with Crippen LogP contribution in [0.2, 0.25) is 0 Å². The van der Waals surface area contributed by atoms with E-state index in [4.69, 9.17) is 9.97 Å². The molecule has 13 aromatic rings. The van der Waals surface area contributed by atoms with Gasteiger partial charge in [0.1, 0.15) is 0 Å². The Bertz CT molecular complexity index is 3910. The van der Waals surface area contributed by atoms with Gasteiger partial charge in [0.05, 0.1) is 33.3 Å². The summed E-state index contributed by atoms with van der Waals surface area (Å²) in [5.74, 6) is 0.656. The molecule has 0 saturated carbocycles. The molecule has 0 aliphatic rings. The summed E-state index contributed by atoms with van der Waals surface area (Å²) in [5.41, 5.74) is 12.2. The molecular formula is C57H36N4. The first-order chi connectivity index (χ1) is 30.2. The summed E-state index contributed by atoms with van der Waals surface area (Å²) >= 11 is 0. The van der Waals surface area contributed by atoms with E-state index in [0.717, 1.165) is 38.9 Å². The van der Waals surface area contributed by atoms with Crippen molar-refractivity contribution in [1.82, 2.24) is 19.1 Å². The first-order valence-electron chi connectivity index (χ1n) is 20.9. The van der Waals surface area contributed by atoms with E-state index in [1.807, 2.05) is 0 Å². The van der Waals surface area contributed by atoms with Crippen molar-refractivity contribution in [3.63, 3.8) is 0 Å². The zero-order valence-corrected chi connectivity index (χ0v) is 33.3. The molecule has 0 bridgehead atoms. The van der Waals surface area contributed by atoms with Crippen LogP contribution >= 0.6 is 0 Å². The molecule has 0 radical (unpaired) electrons. The lowest BCUT2D eigenvalue weighted by atomic mass is 9.92. The highest BCUT2D eigenvalue weighted by Gasteiger charge is 2.20. The summed E-state index contributed by atoms with van der Waals surface area (Å²) in [7, 11) is 0. The number of nitrogens with zero attached hydrogens (tertiary/aromatic N) is 4. The van der Waals surface area contributed by atoms with Gasteiger partial charge in [-0.3, -0.25) is 4.57 Å². The summed E-state index contributed by atoms with van der Waals surface area (Å²) in [6, 6.07) is 72.6. The minimum atomic E-state index is 0.656. The first-order valence-corrected chi connectivity index (χ1v) is 20.9. The molecule has 13 rings (SSSR count). The second kappa shape index (κ2) is 13.0. The zero-order chi connectivity index (χ0) is 40.2. The second-order valence-corrected chi connectivity index (χ2v) is 16.2. The molecule has 4 nitrogen and oxygen atoms in total. The van der Waals surface area contributed by atoms with Crippen molar-refractivity contribution >= 4 is 86.8 Å². The number of fused-ring (bicyclic) bond motifs is 13. The van der Waals surface area contributed by atoms with Crippen LogP contribution in [0, 0.1) is 6.92 Å². The van der Waals surface area contributed by atoms with Crippen LogP contribution < -0.4 is 0 Å². The Hall–Kier alpha value is -8.08. The molecule has 0 atom stereocenters. The molecular weight excluding hydrogens is 741 g/mol. The van der Waals surface area contributed by atoms with Crippen LogP contribution in [-0.4, -0.2) is 19.1 Å². The molecule has 0 aliphatic carbocycles. The fraction of sp³-hybridized carbons (Fsp3) is 0.0175. The van der Waals surface area contributed by atoms with Crippen molar-refractivity contribution in [3.05, 3.63) is 206 Å². The van der Waals surface area contributed by atoms with Gasteiger partial charge in [-0.2, -0.15) is 0 Å². The van der Waals surface area contributed by atoms with Gasteiger partial charge in [0.2, 0.25) is 5.95 Å². The lowest BCUT2D eigenvalue weighted by Gasteiger charge is -2.14. The maximum absolute atomic E-state index is 5.51. The third-order valence-corrected chi connectivity index (χ3v) is 12.7. The van der Waals surface area contributed by atoms with E-state index in [-0.39, 0.29) is 0 Å². The lowest BCUT2D eigenvalue weighted by Crippen LogP contribution is -2.03. The van der Waals surface area contributed by atoms with Gasteiger partial charge in [-0.15, -0.1) is 0 Å². The predicted octanol–water partition coefficient (Wildman–Crippen LogP) is 14.9. The maximum Gasteiger partial charge on any atom is 0.235 e. The van der Waals surface area contributed by atoms with Crippen molar-refractivity contribution in [2.75, 3.05) is 0 Å². The Morgan fingerprint density at radius 2 is 0.787 bits per heavy atom. The van der Waals surface area contributed by atoms with Crippen molar-refractivity contribution in [3.8, 4) is 34.0 Å². The van der Waals surface area contributed by atoms with Crippen LogP contribution in [0.1, 0.15) is 5.56 Å². The Kier molecular flexibility index (Phi) is 7.19. The standard InChI is InChI=1S/C57H36N4/c1-35-23-28-54-48(31-35)50-33-37(36-25-29-53-49(32-36)45-19-10-12-22-52(45)60(53)39-13-3-2-4-14-39)26-30-55(50)61(54)57-58-51-21-11-9-20-46(51)56(59-57)38-24-27-44-42-17-6-5-15-40(42)41-16-7-8-18-43(41)47(44)34-38/h2-34H,1H3. The van der Waals surface area contributed by atoms with Gasteiger partial charge < -0.3 is 4.57 Å². The van der Waals surface area contributed by atoms with Crippen LogP contribution in [0.15, 0.2) is 200 Å². The topological polar surface area (TPSA) is 35.6 Å². The van der Waals surface area contributed by atoms with Crippen molar-refractivity contribution < 1.29 is 0 Å². The van der Waals surface area contributed by atoms with E-state index in [1.54, 1.807) is 0 Å². The molecule has 3 heterocycles. The van der Waals surface area contributed by atoms with Gasteiger partial charge in [0, 0.05) is 38.2 Å². The Balaban J connectivity index is 1.01. The Morgan fingerprint density at radius 1 is 0.311 bits per heavy atom. The number of aryl methyl sites for hydroxylation is 1. The summed E-state index contributed by atoms with van der Waals surface area (Å²) in [6.07, 6.45) is 0. The normalized spacial score (nSPS) is 12.0. The minimum absolute atomic E-state index is 0.656. The molecule has 284 valence electrons. The third-order valence-electron chi connectivity index (χ3n) is 12.7. The van der Waals surface area contributed by atoms with Crippen LogP contribution in [-0.2, 0) is 0 Å². The molecule has 61 heavy (non-hydrogen) atoms. The Morgan fingerprint density at radius 3 is 1.49 bits per heavy atom. The SMILES string of the molecule is Cc1ccc2c(c1)c1cc(-c3ccc4c(c3)c3ccccc3n4-c3ccccc3)ccc1n2-c1nc(-c2ccc3c4ccccc4c4ccccc4c3c2)c2ccccc2n1. The smallest absolute Gasteiger partial charge is 0.235 e. The molecule has 0 fully saturated rings. The highest BCUT2D eigenvalue weighted by molar-refractivity contribution is 6.26. The number of hydrogen-bond donors (Lipinski definition) is 0. The number of hydrogen-bond acceptors (Lipinski definition) is 2. The molecule has 0 spiro atoms. The fourth-order valence-corrected chi connectivity index (χ4v) is 9.98. The van der Waals surface area contributed by atoms with Gasteiger partial charge in [-0.1, -0.05) is 139 Å². The highest BCUT2D eigenvalue weighted by atomic mass is 15.2. The summed E-state index contributed by atoms with van der Waals surface area (Å²) < 4.78 is 4.62. The summed E-state index contributed by atoms with van der Waals surface area (Å²) in [5, 5.41) is 13.4. The van der Waals surface area contributed by atoms with E-state index in [9.17, 15) is 0 Å². The Labute approximate surface area is 351 Å². The van der Waals surface area contributed by atoms with E-state index in [1.165, 1.54) is 81.6 Å². The van der Waals surface area contributed by atoms with Gasteiger partial charge in [-0.05, 0) is 117 Å². The van der Waals surface area contributed by atoms with Crippen LogP contribution in [0.5, 0.6) is 0 Å². The van der Waals surface area contributed by atoms with E-state index in [0.29, 0.717) is 5.95 Å². The average Bonchev–Trinajstić information content (AvgIpc) is 3.83. The number of aromatic nitrogens is 4. The van der Waals surface area contributed by atoms with Crippen molar-refractivity contribution in [2.45, 2.75) is 6.92 Å². The lowest BCUT2D eigenvalue weighted by molar-refractivity contribution is 1.01. The van der Waals surface area contributed by atoms with Crippen LogP contribution in [0.3, 0.4) is 0 Å². The summed E-state index contributed by atoms with van der Waals surface area (Å²) in [4.78, 5) is 10.8. The monoisotopic (exact) mass is 776 g/mol. The summed E-state index contributed by atoms with van der Waals surface area (Å²) in [6.45, 7) is 2.17. The molecule has 10 aromatic carbocycles. The molecule has 0 unspecified atom stereocenters. The zero-order valence-electron chi connectivity index (χ0n) is 33.3. The van der Waals surface area contributed by atoms with Gasteiger partial charge in [-0.25, -0.2) is 9.97 Å². The first kappa shape index (κ1) is 33.8. The molecule has 0 aliphatic heterocycles. The molecule has 0 N–H and O–H groups in total. The second-order valence-electron chi connectivity index (χ2n) is 16.2. The minimum Gasteiger partial charge on any atom is -0.309 e. The molecule has 4 heteroatoms. The van der Waals surface area contributed by atoms with E-state index in [2.05, 4.69) is 216 Å².